The summed E-state index contributed by atoms with van der Waals surface area (Å²) in [5.41, 5.74) is -1.06. The number of carbonyl (C=O) groups is 8. The Hall–Kier alpha value is -12.0. The summed E-state index contributed by atoms with van der Waals surface area (Å²) in [5, 5.41) is 34.1. The highest BCUT2D eigenvalue weighted by Crippen LogP contribution is 2.48. The average Bonchev–Trinajstić information content (AvgIpc) is 1.57. The van der Waals surface area contributed by atoms with E-state index < -0.39 is 120 Å². The maximum absolute atomic E-state index is 14.5. The zero-order valence-electron chi connectivity index (χ0n) is 79.1. The van der Waals surface area contributed by atoms with Crippen LogP contribution in [0.15, 0.2) is 143 Å². The lowest BCUT2D eigenvalue weighted by Gasteiger charge is -2.29. The summed E-state index contributed by atoms with van der Waals surface area (Å²) < 4.78 is 101. The fourth-order valence-corrected chi connectivity index (χ4v) is 20.0. The molecule has 2 aliphatic carbocycles. The van der Waals surface area contributed by atoms with Crippen LogP contribution in [0, 0.1) is 11.8 Å². The number of benzene rings is 4. The number of fused-ring (bicyclic) bond motifs is 2. The van der Waals surface area contributed by atoms with Crippen molar-refractivity contribution in [2.24, 2.45) is 11.8 Å². The third-order valence-corrected chi connectivity index (χ3v) is 27.2. The van der Waals surface area contributed by atoms with Gasteiger partial charge in [0.15, 0.2) is 10.3 Å². The monoisotopic (exact) mass is 1940 g/mol. The highest BCUT2D eigenvalue weighted by molar-refractivity contribution is 7.90. The molecule has 40 heteroatoms. The minimum atomic E-state index is -4.46. The van der Waals surface area contributed by atoms with Gasteiger partial charge in [0.25, 0.3) is 31.9 Å². The SMILES string of the molecule is C=C[C@@H]1C[C@]1(NC(=O)[C@@H]1C[C@@H](Oc2cc(-c3csc(NC(C)C)n3)nc3cc(OC)ccc23)CN1C(=O)OC(C)(C)C)C(=O)NS(=O)(=O)c1ccccc1NCCCCN(C)CCCC(=O)O.C=C[C@@H]1C[C@]1(NC(=O)[C@@H]1C[C@@H](Oc2cc(-c3csc(NC(C)C)n3)nc3cc(OC)ccc23)CN1C(=O)OC(C)(C)C)C(=O)NS(=O)(=O)c1ccccc1NCCCCN(C)CCCC(=O)OC. The van der Waals surface area contributed by atoms with Crippen LogP contribution in [-0.4, -0.2) is 256 Å². The van der Waals surface area contributed by atoms with Crippen LogP contribution in [0.2, 0.25) is 0 Å². The number of hydrogen-bond donors (Lipinski definition) is 9. The largest absolute Gasteiger partial charge is 0.497 e. The van der Waals surface area contributed by atoms with E-state index in [9.17, 15) is 55.2 Å². The normalized spacial score (nSPS) is 19.2. The number of carboxylic acids is 1. The van der Waals surface area contributed by atoms with Crippen LogP contribution >= 0.6 is 22.7 Å². The zero-order chi connectivity index (χ0) is 98.1. The molecule has 4 aromatic carbocycles. The minimum absolute atomic E-state index is 0.00828. The number of nitrogens with one attached hydrogen (secondary N) is 8. The highest BCUT2D eigenvalue weighted by atomic mass is 32.2. The second-order valence-electron chi connectivity index (χ2n) is 36.6. The van der Waals surface area contributed by atoms with Crippen molar-refractivity contribution in [2.75, 3.05) is 109 Å². The number of amides is 6. The fraction of sp³-hybridized carbons (Fsp3) is 0.495. The van der Waals surface area contributed by atoms with Gasteiger partial charge in [-0.1, -0.05) is 36.4 Å². The summed E-state index contributed by atoms with van der Waals surface area (Å²) in [6, 6.07) is 24.8. The van der Waals surface area contributed by atoms with Gasteiger partial charge in [0.2, 0.25) is 11.8 Å². The number of nitrogens with zero attached hydrogens (tertiary/aromatic N) is 8. The van der Waals surface area contributed by atoms with Crippen LogP contribution < -0.4 is 60.3 Å². The molecule has 0 spiro atoms. The molecule has 0 radical (unpaired) electrons. The number of anilines is 4. The maximum atomic E-state index is 14.5. The summed E-state index contributed by atoms with van der Waals surface area (Å²) in [6.07, 6.45) is 4.92. The van der Waals surface area contributed by atoms with E-state index in [1.54, 1.807) is 129 Å². The van der Waals surface area contributed by atoms with Gasteiger partial charge in [-0.15, -0.1) is 35.8 Å². The lowest BCUT2D eigenvalue weighted by molar-refractivity contribution is -0.141. The maximum Gasteiger partial charge on any atom is 0.411 e. The molecule has 0 bridgehead atoms. The molecule has 6 heterocycles. The number of hydrogen-bond acceptors (Lipinski definition) is 31. The molecule has 8 aromatic rings. The Bertz CT molecular complexity index is 5840. The van der Waals surface area contributed by atoms with Crippen molar-refractivity contribution >= 4 is 134 Å². The number of para-hydroxylation sites is 2. The van der Waals surface area contributed by atoms with Crippen molar-refractivity contribution < 1.29 is 93.5 Å². The lowest BCUT2D eigenvalue weighted by Crippen LogP contribution is -2.56. The quantitative estimate of drug-likeness (QED) is 0.00741. The Morgan fingerprint density at radius 2 is 0.933 bits per heavy atom. The number of thiazole rings is 2. The molecule has 4 fully saturated rings. The number of carboxylic acid groups (broad SMARTS) is 1. The number of likely N-dealkylation sites (tertiary alicyclic amines) is 2. The number of esters is 1. The molecule has 135 heavy (non-hydrogen) atoms. The summed E-state index contributed by atoms with van der Waals surface area (Å²) in [7, 11) is -0.518. The van der Waals surface area contributed by atoms with Crippen molar-refractivity contribution in [3.8, 4) is 45.8 Å². The average molecular weight is 1940 g/mol. The van der Waals surface area contributed by atoms with Crippen LogP contribution in [-0.2, 0) is 63.0 Å². The Morgan fingerprint density at radius 3 is 1.30 bits per heavy atom. The Morgan fingerprint density at radius 1 is 0.541 bits per heavy atom. The third kappa shape index (κ3) is 27.7. The molecule has 0 unspecified atom stereocenters. The molecule has 730 valence electrons. The van der Waals surface area contributed by atoms with E-state index >= 15 is 0 Å². The minimum Gasteiger partial charge on any atom is -0.497 e. The van der Waals surface area contributed by atoms with E-state index in [4.69, 9.17) is 58.2 Å². The number of ether oxygens (including phenoxy) is 7. The van der Waals surface area contributed by atoms with Crippen LogP contribution in [0.1, 0.15) is 146 Å². The molecule has 9 N–H and O–H groups in total. The van der Waals surface area contributed by atoms with Gasteiger partial charge < -0.3 is 80.0 Å². The molecule has 2 saturated heterocycles. The van der Waals surface area contributed by atoms with E-state index in [0.29, 0.717) is 124 Å². The molecule has 8 atom stereocenters. The Kier molecular flexibility index (Phi) is 34.6. The second-order valence-corrected chi connectivity index (χ2v) is 41.6. The Labute approximate surface area is 796 Å². The van der Waals surface area contributed by atoms with Crippen LogP contribution in [0.3, 0.4) is 0 Å². The highest BCUT2D eigenvalue weighted by Gasteiger charge is 2.63. The van der Waals surface area contributed by atoms with Crippen molar-refractivity contribution in [3.63, 3.8) is 0 Å². The van der Waals surface area contributed by atoms with Gasteiger partial charge in [-0.05, 0) is 209 Å². The number of methoxy groups -OCH3 is 3. The standard InChI is InChI=1S/C48H64N8O10S2.C47H62N8O10S2/c1-10-31-27-48(31,44(59)54-68(61,62)41-17-12-11-16-35(41)49-21-13-14-22-55(7)23-15-18-42(57)64-9)53-43(58)39-25-33(28-56(39)46(60)66-47(4,5)6)65-40-26-37(38-29-67-45(52-38)50-30(2)3)51-36-24-32(63-8)19-20-34(36)40;1-9-30-26-47(30,43(59)53-67(61,62)40-16-11-10-15-34(40)48-20-12-13-21-54(7)22-14-17-41(56)57)52-42(58)38-24-32(27-55(38)45(60)65-46(4,5)6)64-39-25-36(37-28-66-44(51-37)49-29(2)3)50-35-23-31(63-8)18-19-33(35)39/h10-12,16-17,19-20,24,26,29-31,33,39,49H,1,13-15,18,21-23,25,27-28H2,2-9H3,(H,50,52)(H,53,58)(H,54,59);9-11,15-16,18-19,23,25,28-30,32,38,48H,1,12-14,17,20-22,24,26-27H2,2-8H3,(H,49,51)(H,52,58)(H,53,59)(H,56,57)/t31-,33-,39+,48-;30-,32-,38+,47-/m11/s1. The van der Waals surface area contributed by atoms with Crippen molar-refractivity contribution in [3.05, 3.63) is 133 Å². The number of sulfonamides is 2. The molecule has 36 nitrogen and oxygen atoms in total. The number of pyridine rings is 2. The van der Waals surface area contributed by atoms with E-state index in [2.05, 4.69) is 64.3 Å². The van der Waals surface area contributed by atoms with Gasteiger partial charge in [-0.25, -0.2) is 55.8 Å². The van der Waals surface area contributed by atoms with E-state index in [-0.39, 0.29) is 73.0 Å². The number of rotatable bonds is 44. The number of aromatic nitrogens is 4. The number of aliphatic carboxylic acids is 1. The summed E-state index contributed by atoms with van der Waals surface area (Å²) in [4.78, 5) is 133. The molecule has 12 rings (SSSR count). The topological polar surface area (TPSA) is 450 Å². The first-order valence-corrected chi connectivity index (χ1v) is 49.8. The summed E-state index contributed by atoms with van der Waals surface area (Å²) in [6.45, 7) is 29.8. The van der Waals surface area contributed by atoms with E-state index in [1.165, 1.54) is 63.9 Å². The first kappa shape index (κ1) is 104. The van der Waals surface area contributed by atoms with E-state index in [1.807, 2.05) is 64.7 Å². The predicted molar refractivity (Wildman–Crippen MR) is 518 cm³/mol. The smallest absolute Gasteiger partial charge is 0.411 e. The van der Waals surface area contributed by atoms with Crippen LogP contribution in [0.4, 0.5) is 31.2 Å². The van der Waals surface area contributed by atoms with Crippen molar-refractivity contribution in [1.82, 2.24) is 59.6 Å². The van der Waals surface area contributed by atoms with Gasteiger partial charge in [-0.2, -0.15) is 0 Å². The lowest BCUT2D eigenvalue weighted by atomic mass is 10.1. The molecule has 6 amide bonds. The molecule has 4 aliphatic rings. The first-order valence-electron chi connectivity index (χ1n) is 45.1. The number of carbonyl (C=O) groups excluding carboxylic acids is 7. The van der Waals surface area contributed by atoms with Gasteiger partial charge in [0.1, 0.15) is 90.7 Å². The van der Waals surface area contributed by atoms with E-state index in [0.717, 1.165) is 49.2 Å². The second kappa shape index (κ2) is 45.1. The molecular formula is C95H126N16O20S4. The summed E-state index contributed by atoms with van der Waals surface area (Å²) >= 11 is 2.89. The summed E-state index contributed by atoms with van der Waals surface area (Å²) in [5.74, 6) is -3.48. The zero-order valence-corrected chi connectivity index (χ0v) is 82.4. The molecule has 4 aromatic heterocycles. The van der Waals surface area contributed by atoms with Crippen LogP contribution in [0.5, 0.6) is 23.0 Å². The van der Waals surface area contributed by atoms with Gasteiger partial charge in [0.05, 0.1) is 68.2 Å². The first-order chi connectivity index (χ1) is 64.0. The fourth-order valence-electron chi connectivity index (χ4n) is 15.8. The van der Waals surface area contributed by atoms with Crippen molar-refractivity contribution in [1.29, 1.82) is 0 Å². The Balaban J connectivity index is 0.000000260. The predicted octanol–water partition coefficient (Wildman–Crippen LogP) is 13.1. The van der Waals surface area contributed by atoms with Gasteiger partial charge in [-0.3, -0.25) is 38.6 Å². The molecular weight excluding hydrogens is 1810 g/mol. The van der Waals surface area contributed by atoms with Crippen molar-refractivity contribution in [2.45, 2.75) is 215 Å². The van der Waals surface area contributed by atoms with Gasteiger partial charge in [0, 0.05) is 108 Å². The molecule has 2 saturated carbocycles. The number of unbranched alkanes of at least 4 members (excludes halogenated alkanes) is 2. The van der Waals surface area contributed by atoms with Gasteiger partial charge >= 0.3 is 24.1 Å². The molecule has 2 aliphatic heterocycles. The van der Waals surface area contributed by atoms with Crippen LogP contribution in [0.25, 0.3) is 44.6 Å². The third-order valence-electron chi connectivity index (χ3n) is 22.8.